The number of hydrogen-bond donors (Lipinski definition) is 1. The van der Waals surface area contributed by atoms with Gasteiger partial charge in [-0.15, -0.1) is 0 Å². The van der Waals surface area contributed by atoms with E-state index in [0.717, 1.165) is 62.5 Å². The van der Waals surface area contributed by atoms with Gasteiger partial charge in [0.05, 0.1) is 5.69 Å². The third kappa shape index (κ3) is 7.61. The molecule has 2 aromatic carbocycles. The molecule has 0 saturated carbocycles. The van der Waals surface area contributed by atoms with Crippen LogP contribution in [0, 0.1) is 0 Å². The first-order valence-electron chi connectivity index (χ1n) is 14.7. The topological polar surface area (TPSA) is 21.3 Å². The quantitative estimate of drug-likeness (QED) is 0.290. The van der Waals surface area contributed by atoms with Crippen LogP contribution in [-0.4, -0.2) is 6.61 Å². The molecular formula is C41H41NO. The zero-order chi connectivity index (χ0) is 30.6. The molecule has 0 atom stereocenters. The van der Waals surface area contributed by atoms with Crippen molar-refractivity contribution in [2.24, 2.45) is 0 Å². The Kier molecular flexibility index (Phi) is 10.9. The number of rotatable bonds is 10. The summed E-state index contributed by atoms with van der Waals surface area (Å²) >= 11 is 0. The lowest BCUT2D eigenvalue weighted by molar-refractivity contribution is 0.364. The Morgan fingerprint density at radius 1 is 0.860 bits per heavy atom. The van der Waals surface area contributed by atoms with Crippen LogP contribution in [0.1, 0.15) is 43.9 Å². The van der Waals surface area contributed by atoms with E-state index in [2.05, 4.69) is 79.7 Å². The molecule has 0 bridgehead atoms. The van der Waals surface area contributed by atoms with E-state index >= 15 is 0 Å². The van der Waals surface area contributed by atoms with Gasteiger partial charge in [-0.1, -0.05) is 123 Å². The zero-order valence-electron chi connectivity index (χ0n) is 25.6. The van der Waals surface area contributed by atoms with Gasteiger partial charge in [-0.25, -0.2) is 0 Å². The maximum atomic E-state index is 6.40. The molecule has 43 heavy (non-hydrogen) atoms. The predicted molar refractivity (Wildman–Crippen MR) is 189 cm³/mol. The minimum absolute atomic E-state index is 0.432. The smallest absolute Gasteiger partial charge is 0.151 e. The number of allylic oxidation sites excluding steroid dienone is 20. The van der Waals surface area contributed by atoms with Crippen molar-refractivity contribution in [2.75, 3.05) is 11.9 Å². The Morgan fingerprint density at radius 3 is 2.35 bits per heavy atom. The molecule has 2 nitrogen and oxygen atoms in total. The Labute approximate surface area is 257 Å². The maximum absolute atomic E-state index is 6.40. The van der Waals surface area contributed by atoms with E-state index in [-0.39, 0.29) is 0 Å². The molecule has 1 N–H and O–H groups in total. The second-order valence-corrected chi connectivity index (χ2v) is 10.2. The molecular weight excluding hydrogens is 522 g/mol. The van der Waals surface area contributed by atoms with Gasteiger partial charge in [0.15, 0.2) is 5.75 Å². The van der Waals surface area contributed by atoms with Crippen molar-refractivity contribution < 1.29 is 4.74 Å². The molecule has 4 rings (SSSR count). The first kappa shape index (κ1) is 30.9. The first-order valence-corrected chi connectivity index (χ1v) is 14.7. The van der Waals surface area contributed by atoms with Crippen LogP contribution in [0.15, 0.2) is 164 Å². The number of benzene rings is 2. The monoisotopic (exact) mass is 563 g/mol. The van der Waals surface area contributed by atoms with Crippen LogP contribution in [0.3, 0.4) is 0 Å². The number of ether oxygens (including phenoxy) is 1. The van der Waals surface area contributed by atoms with Crippen molar-refractivity contribution in [1.29, 1.82) is 0 Å². The number of fused-ring (bicyclic) bond motifs is 1. The van der Waals surface area contributed by atoms with Crippen molar-refractivity contribution in [3.63, 3.8) is 0 Å². The molecule has 2 aromatic rings. The lowest BCUT2D eigenvalue weighted by atomic mass is 9.88. The van der Waals surface area contributed by atoms with E-state index in [0.29, 0.717) is 6.61 Å². The van der Waals surface area contributed by atoms with Gasteiger partial charge in [0.2, 0.25) is 0 Å². The molecule has 0 radical (unpaired) electrons. The third-order valence-corrected chi connectivity index (χ3v) is 7.29. The van der Waals surface area contributed by atoms with Gasteiger partial charge >= 0.3 is 0 Å². The van der Waals surface area contributed by atoms with Crippen LogP contribution in [0.25, 0.3) is 16.7 Å². The van der Waals surface area contributed by atoms with Crippen molar-refractivity contribution in [1.82, 2.24) is 0 Å². The largest absolute Gasteiger partial charge is 0.487 e. The average Bonchev–Trinajstić information content (AvgIpc) is 3.57. The van der Waals surface area contributed by atoms with Gasteiger partial charge in [-0.2, -0.15) is 0 Å². The summed E-state index contributed by atoms with van der Waals surface area (Å²) in [4.78, 5) is 0. The summed E-state index contributed by atoms with van der Waals surface area (Å²) in [7, 11) is 0. The van der Waals surface area contributed by atoms with E-state index in [1.54, 1.807) is 0 Å². The molecule has 2 heteroatoms. The summed E-state index contributed by atoms with van der Waals surface area (Å²) in [5.41, 5.74) is 11.0. The number of nitrogens with one attached hydrogen (secondary N) is 1. The highest BCUT2D eigenvalue weighted by molar-refractivity contribution is 5.92. The first-order chi connectivity index (χ1) is 21.0. The van der Waals surface area contributed by atoms with Crippen molar-refractivity contribution in [2.45, 2.75) is 27.2 Å². The highest BCUT2D eigenvalue weighted by atomic mass is 16.5. The van der Waals surface area contributed by atoms with Crippen LogP contribution in [-0.2, 0) is 0 Å². The van der Waals surface area contributed by atoms with E-state index < -0.39 is 0 Å². The molecule has 0 saturated heterocycles. The highest BCUT2D eigenvalue weighted by Gasteiger charge is 2.20. The lowest BCUT2D eigenvalue weighted by Gasteiger charge is -2.21. The second kappa shape index (κ2) is 15.2. The predicted octanol–water partition coefficient (Wildman–Crippen LogP) is 11.4. The molecule has 1 aliphatic carbocycles. The Hall–Kier alpha value is -5.08. The minimum Gasteiger partial charge on any atom is -0.487 e. The van der Waals surface area contributed by atoms with Crippen molar-refractivity contribution in [3.05, 3.63) is 181 Å². The van der Waals surface area contributed by atoms with Crippen LogP contribution >= 0.6 is 0 Å². The molecule has 1 aliphatic heterocycles. The van der Waals surface area contributed by atoms with E-state index in [1.807, 2.05) is 93.7 Å². The molecule has 0 amide bonds. The molecule has 0 fully saturated rings. The summed E-state index contributed by atoms with van der Waals surface area (Å²) in [6, 6.07) is 12.7. The number of anilines is 2. The molecule has 1 heterocycles. The van der Waals surface area contributed by atoms with E-state index in [9.17, 15) is 0 Å². The Bertz CT molecular complexity index is 1670. The molecule has 2 aliphatic rings. The molecule has 216 valence electrons. The van der Waals surface area contributed by atoms with Crippen LogP contribution in [0.5, 0.6) is 5.75 Å². The van der Waals surface area contributed by atoms with Gasteiger partial charge in [-0.05, 0) is 90.5 Å². The fourth-order valence-electron chi connectivity index (χ4n) is 5.06. The fraction of sp³-hybridized carbons (Fsp3) is 0.122. The molecule has 0 spiro atoms. The van der Waals surface area contributed by atoms with Gasteiger partial charge in [0.1, 0.15) is 6.61 Å². The third-order valence-electron chi connectivity index (χ3n) is 7.29. The van der Waals surface area contributed by atoms with Gasteiger partial charge in [0.25, 0.3) is 0 Å². The van der Waals surface area contributed by atoms with Gasteiger partial charge in [-0.3, -0.25) is 0 Å². The summed E-state index contributed by atoms with van der Waals surface area (Å²) in [6.45, 7) is 19.8. The molecule has 0 unspecified atom stereocenters. The average molecular weight is 564 g/mol. The summed E-state index contributed by atoms with van der Waals surface area (Å²) < 4.78 is 6.40. The normalized spacial score (nSPS) is 17.4. The summed E-state index contributed by atoms with van der Waals surface area (Å²) in [5.74, 6) is 0.753. The molecule has 0 aromatic heterocycles. The SMILES string of the molecule is C=C(/C=C\C=C/C)C(=C\C)/C1=C/C=C\COc2c(Nc3ccc(C4=CC=CC4)cc3C(=C)/C=C\C=C/C)cccc2C1=C. The lowest BCUT2D eigenvalue weighted by Crippen LogP contribution is -2.04. The second-order valence-electron chi connectivity index (χ2n) is 10.2. The van der Waals surface area contributed by atoms with Crippen molar-refractivity contribution >= 4 is 28.1 Å². The zero-order valence-corrected chi connectivity index (χ0v) is 25.6. The Balaban J connectivity index is 1.75. The van der Waals surface area contributed by atoms with Crippen molar-refractivity contribution in [3.8, 4) is 5.75 Å². The van der Waals surface area contributed by atoms with Gasteiger partial charge < -0.3 is 10.1 Å². The fourth-order valence-corrected chi connectivity index (χ4v) is 5.06. The minimum atomic E-state index is 0.432. The van der Waals surface area contributed by atoms with E-state index in [4.69, 9.17) is 4.74 Å². The van der Waals surface area contributed by atoms with Crippen LogP contribution < -0.4 is 10.1 Å². The summed E-state index contributed by atoms with van der Waals surface area (Å²) in [5, 5.41) is 3.69. The van der Waals surface area contributed by atoms with Crippen LogP contribution in [0.2, 0.25) is 0 Å². The summed E-state index contributed by atoms with van der Waals surface area (Å²) in [6.07, 6.45) is 31.7. The Morgan fingerprint density at radius 2 is 1.63 bits per heavy atom. The van der Waals surface area contributed by atoms with Crippen LogP contribution in [0.4, 0.5) is 11.4 Å². The van der Waals surface area contributed by atoms with Gasteiger partial charge in [0, 0.05) is 16.8 Å². The van der Waals surface area contributed by atoms with E-state index in [1.165, 1.54) is 11.1 Å². The maximum Gasteiger partial charge on any atom is 0.151 e. The number of hydrogen-bond acceptors (Lipinski definition) is 2. The highest BCUT2D eigenvalue weighted by Crippen LogP contribution is 2.42. The standard InChI is InChI=1S/C41H41NO/c1-7-10-12-19-30(4)35(9-3)36-23-16-17-28-43-41-37(32(36)6)24-18-25-40(41)42-39-27-26-34(33-21-14-15-22-33)29-38(39)31(5)20-13-11-8-2/h7-21,23-27,29,42H,4-6,22,28H2,1-3H3/b10-7-,11-8-,17-16-,19-12-,20-13-,35-9+,36-23+. The number of para-hydroxylation sites is 1.